The van der Waals surface area contributed by atoms with Gasteiger partial charge in [-0.1, -0.05) is 48.5 Å². The van der Waals surface area contributed by atoms with E-state index in [2.05, 4.69) is 22.4 Å². The van der Waals surface area contributed by atoms with Crippen molar-refractivity contribution in [3.8, 4) is 5.75 Å². The normalized spacial score (nSPS) is 10.6. The molecular formula is C25H22N2O2. The van der Waals surface area contributed by atoms with E-state index in [9.17, 15) is 4.79 Å². The van der Waals surface area contributed by atoms with Gasteiger partial charge in [0.1, 0.15) is 5.75 Å². The zero-order chi connectivity index (χ0) is 19.9. The molecule has 4 aromatic rings. The SMILES string of the molecule is O=C(NCc1ccc(OCCc2ccccc2)cc1)c1ccc2ncccc2c1. The van der Waals surface area contributed by atoms with E-state index in [0.29, 0.717) is 18.7 Å². The van der Waals surface area contributed by atoms with E-state index in [0.717, 1.165) is 28.6 Å². The molecule has 0 unspecified atom stereocenters. The molecule has 0 spiro atoms. The predicted molar refractivity (Wildman–Crippen MR) is 115 cm³/mol. The maximum absolute atomic E-state index is 12.4. The first-order valence-corrected chi connectivity index (χ1v) is 9.66. The summed E-state index contributed by atoms with van der Waals surface area (Å²) in [6.07, 6.45) is 2.62. The molecule has 0 fully saturated rings. The molecule has 0 radical (unpaired) electrons. The molecule has 29 heavy (non-hydrogen) atoms. The zero-order valence-corrected chi connectivity index (χ0v) is 16.0. The summed E-state index contributed by atoms with van der Waals surface area (Å²) < 4.78 is 5.81. The van der Waals surface area contributed by atoms with Gasteiger partial charge in [-0.25, -0.2) is 0 Å². The Morgan fingerprint density at radius 3 is 2.52 bits per heavy atom. The quantitative estimate of drug-likeness (QED) is 0.500. The Kier molecular flexibility index (Phi) is 5.81. The number of aromatic nitrogens is 1. The van der Waals surface area contributed by atoms with E-state index in [4.69, 9.17) is 4.74 Å². The summed E-state index contributed by atoms with van der Waals surface area (Å²) in [5, 5.41) is 3.92. The van der Waals surface area contributed by atoms with Crippen molar-refractivity contribution in [2.45, 2.75) is 13.0 Å². The number of nitrogens with one attached hydrogen (secondary N) is 1. The molecule has 144 valence electrons. The van der Waals surface area contributed by atoms with Crippen molar-refractivity contribution in [2.75, 3.05) is 6.61 Å². The lowest BCUT2D eigenvalue weighted by Gasteiger charge is -2.09. The minimum atomic E-state index is -0.0982. The summed E-state index contributed by atoms with van der Waals surface area (Å²) in [5.74, 6) is 0.733. The highest BCUT2D eigenvalue weighted by Crippen LogP contribution is 2.15. The molecule has 4 rings (SSSR count). The number of rotatable bonds is 7. The lowest BCUT2D eigenvalue weighted by Crippen LogP contribution is -2.22. The maximum Gasteiger partial charge on any atom is 0.251 e. The highest BCUT2D eigenvalue weighted by molar-refractivity contribution is 5.97. The standard InChI is InChI=1S/C25H22N2O2/c28-25(22-10-13-24-21(17-22)7-4-15-26-24)27-18-20-8-11-23(12-9-20)29-16-14-19-5-2-1-3-6-19/h1-13,15,17H,14,16,18H2,(H,27,28). The Balaban J connectivity index is 1.28. The molecule has 0 aliphatic carbocycles. The average Bonchev–Trinajstić information content (AvgIpc) is 2.79. The van der Waals surface area contributed by atoms with Gasteiger partial charge in [-0.05, 0) is 47.5 Å². The first kappa shape index (κ1) is 18.7. The molecule has 3 aromatic carbocycles. The summed E-state index contributed by atoms with van der Waals surface area (Å²) in [4.78, 5) is 16.7. The van der Waals surface area contributed by atoms with Gasteiger partial charge in [0.2, 0.25) is 0 Å². The first-order valence-electron chi connectivity index (χ1n) is 9.66. The highest BCUT2D eigenvalue weighted by atomic mass is 16.5. The van der Waals surface area contributed by atoms with Gasteiger partial charge in [0.25, 0.3) is 5.91 Å². The molecule has 1 heterocycles. The van der Waals surface area contributed by atoms with Gasteiger partial charge in [-0.15, -0.1) is 0 Å². The largest absolute Gasteiger partial charge is 0.493 e. The van der Waals surface area contributed by atoms with Crippen molar-refractivity contribution in [1.29, 1.82) is 0 Å². The summed E-state index contributed by atoms with van der Waals surface area (Å²) in [7, 11) is 0. The van der Waals surface area contributed by atoms with Crippen LogP contribution in [0.5, 0.6) is 5.75 Å². The molecule has 0 saturated heterocycles. The fourth-order valence-corrected chi connectivity index (χ4v) is 3.14. The smallest absolute Gasteiger partial charge is 0.251 e. The number of fused-ring (bicyclic) bond motifs is 1. The molecule has 1 N–H and O–H groups in total. The number of amides is 1. The molecule has 0 bridgehead atoms. The predicted octanol–water partition coefficient (Wildman–Crippen LogP) is 4.79. The summed E-state index contributed by atoms with van der Waals surface area (Å²) in [5.41, 5.74) is 3.80. The highest BCUT2D eigenvalue weighted by Gasteiger charge is 2.07. The van der Waals surface area contributed by atoms with Gasteiger partial charge in [0.05, 0.1) is 12.1 Å². The maximum atomic E-state index is 12.4. The molecular weight excluding hydrogens is 360 g/mol. The van der Waals surface area contributed by atoms with Gasteiger partial charge >= 0.3 is 0 Å². The van der Waals surface area contributed by atoms with Crippen LogP contribution in [0.2, 0.25) is 0 Å². The van der Waals surface area contributed by atoms with Crippen molar-refractivity contribution in [2.24, 2.45) is 0 Å². The minimum Gasteiger partial charge on any atom is -0.493 e. The monoisotopic (exact) mass is 382 g/mol. The van der Waals surface area contributed by atoms with Gasteiger partial charge in [0.15, 0.2) is 0 Å². The number of nitrogens with zero attached hydrogens (tertiary/aromatic N) is 1. The van der Waals surface area contributed by atoms with Crippen molar-refractivity contribution < 1.29 is 9.53 Å². The summed E-state index contributed by atoms with van der Waals surface area (Å²) >= 11 is 0. The van der Waals surface area contributed by atoms with Crippen LogP contribution in [-0.2, 0) is 13.0 Å². The molecule has 0 aliphatic heterocycles. The fraction of sp³-hybridized carbons (Fsp3) is 0.120. The lowest BCUT2D eigenvalue weighted by atomic mass is 10.1. The minimum absolute atomic E-state index is 0.0982. The Morgan fingerprint density at radius 2 is 1.69 bits per heavy atom. The number of carbonyl (C=O) groups excluding carboxylic acids is 1. The van der Waals surface area contributed by atoms with E-state index in [1.54, 1.807) is 12.3 Å². The van der Waals surface area contributed by atoms with Crippen LogP contribution in [0.3, 0.4) is 0 Å². The number of carbonyl (C=O) groups is 1. The Morgan fingerprint density at radius 1 is 0.862 bits per heavy atom. The second-order valence-electron chi connectivity index (χ2n) is 6.82. The van der Waals surface area contributed by atoms with E-state index >= 15 is 0 Å². The number of hydrogen-bond acceptors (Lipinski definition) is 3. The van der Waals surface area contributed by atoms with Gasteiger partial charge in [-0.3, -0.25) is 9.78 Å². The molecule has 0 aliphatic rings. The number of pyridine rings is 1. The second kappa shape index (κ2) is 9.02. The van der Waals surface area contributed by atoms with Crippen molar-refractivity contribution in [3.63, 3.8) is 0 Å². The van der Waals surface area contributed by atoms with E-state index < -0.39 is 0 Å². The van der Waals surface area contributed by atoms with Crippen LogP contribution in [0.15, 0.2) is 91.1 Å². The third-order valence-electron chi connectivity index (χ3n) is 4.74. The fourth-order valence-electron chi connectivity index (χ4n) is 3.14. The van der Waals surface area contributed by atoms with Crippen LogP contribution in [0.4, 0.5) is 0 Å². The van der Waals surface area contributed by atoms with Gasteiger partial charge in [-0.2, -0.15) is 0 Å². The average molecular weight is 382 g/mol. The molecule has 4 heteroatoms. The van der Waals surface area contributed by atoms with Gasteiger partial charge < -0.3 is 10.1 Å². The van der Waals surface area contributed by atoms with E-state index in [1.807, 2.05) is 66.7 Å². The van der Waals surface area contributed by atoms with Crippen molar-refractivity contribution >= 4 is 16.8 Å². The van der Waals surface area contributed by atoms with Crippen molar-refractivity contribution in [3.05, 3.63) is 108 Å². The molecule has 4 nitrogen and oxygen atoms in total. The van der Waals surface area contributed by atoms with Gasteiger partial charge in [0, 0.05) is 30.1 Å². The third-order valence-corrected chi connectivity index (χ3v) is 4.74. The van der Waals surface area contributed by atoms with E-state index in [1.165, 1.54) is 5.56 Å². The molecule has 0 atom stereocenters. The Bertz CT molecular complexity index is 1090. The number of hydrogen-bond donors (Lipinski definition) is 1. The van der Waals surface area contributed by atoms with Crippen LogP contribution >= 0.6 is 0 Å². The Labute approximate surface area is 170 Å². The summed E-state index contributed by atoms with van der Waals surface area (Å²) in [6, 6.07) is 27.5. The number of benzene rings is 3. The zero-order valence-electron chi connectivity index (χ0n) is 16.0. The lowest BCUT2D eigenvalue weighted by molar-refractivity contribution is 0.0951. The van der Waals surface area contributed by atoms with Crippen LogP contribution in [0.1, 0.15) is 21.5 Å². The molecule has 0 saturated carbocycles. The second-order valence-corrected chi connectivity index (χ2v) is 6.82. The molecule has 1 amide bonds. The van der Waals surface area contributed by atoms with E-state index in [-0.39, 0.29) is 5.91 Å². The van der Waals surface area contributed by atoms with Crippen molar-refractivity contribution in [1.82, 2.24) is 10.3 Å². The van der Waals surface area contributed by atoms with Crippen LogP contribution < -0.4 is 10.1 Å². The first-order chi connectivity index (χ1) is 14.3. The van der Waals surface area contributed by atoms with Crippen LogP contribution in [0.25, 0.3) is 10.9 Å². The number of ether oxygens (including phenoxy) is 1. The molecule has 1 aromatic heterocycles. The van der Waals surface area contributed by atoms with Crippen LogP contribution in [-0.4, -0.2) is 17.5 Å². The topological polar surface area (TPSA) is 51.2 Å². The Hall–Kier alpha value is -3.66. The summed E-state index contributed by atoms with van der Waals surface area (Å²) in [6.45, 7) is 1.10. The third kappa shape index (κ3) is 4.99. The van der Waals surface area contributed by atoms with Crippen LogP contribution in [0, 0.1) is 0 Å².